The van der Waals surface area contributed by atoms with Crippen LogP contribution in [-0.4, -0.2) is 37.6 Å². The van der Waals surface area contributed by atoms with E-state index in [1.165, 1.54) is 14.0 Å². The Balaban J connectivity index is 4.28. The van der Waals surface area contributed by atoms with Gasteiger partial charge in [0.05, 0.1) is 7.11 Å². The minimum atomic E-state index is -0.677. The summed E-state index contributed by atoms with van der Waals surface area (Å²) in [6.45, 7) is 3.67. The van der Waals surface area contributed by atoms with Crippen molar-refractivity contribution in [1.29, 1.82) is 0 Å². The van der Waals surface area contributed by atoms with E-state index in [0.717, 1.165) is 6.42 Å². The van der Waals surface area contributed by atoms with Crippen LogP contribution in [0.2, 0.25) is 0 Å². The molecule has 0 radical (unpaired) electrons. The van der Waals surface area contributed by atoms with Gasteiger partial charge in [0.1, 0.15) is 6.04 Å². The summed E-state index contributed by atoms with van der Waals surface area (Å²) in [6, 6.07) is -0.537. The van der Waals surface area contributed by atoms with E-state index >= 15 is 0 Å². The molecule has 0 aliphatic heterocycles. The Morgan fingerprint density at radius 1 is 1.47 bits per heavy atom. The smallest absolute Gasteiger partial charge is 0.329 e. The zero-order valence-electron chi connectivity index (χ0n) is 10.6. The Hall–Kier alpha value is -1.54. The molecule has 96 valence electrons. The first-order valence-corrected chi connectivity index (χ1v) is 5.56. The highest BCUT2D eigenvalue weighted by Gasteiger charge is 2.20. The average Bonchev–Trinajstić information content (AvgIpc) is 2.31. The van der Waals surface area contributed by atoms with Gasteiger partial charge in [-0.2, -0.15) is 0 Å². The highest BCUT2D eigenvalue weighted by Crippen LogP contribution is 1.97. The van der Waals surface area contributed by atoms with Crippen LogP contribution in [0.3, 0.4) is 0 Å². The van der Waals surface area contributed by atoms with E-state index < -0.39 is 12.0 Å². The second-order valence-electron chi connectivity index (χ2n) is 3.70. The van der Waals surface area contributed by atoms with Crippen molar-refractivity contribution in [2.24, 2.45) is 0 Å². The summed E-state index contributed by atoms with van der Waals surface area (Å²) in [5.41, 5.74) is 0. The Kier molecular flexibility index (Phi) is 7.82. The first kappa shape index (κ1) is 15.5. The van der Waals surface area contributed by atoms with E-state index in [1.54, 1.807) is 0 Å². The van der Waals surface area contributed by atoms with Crippen molar-refractivity contribution in [3.05, 3.63) is 0 Å². The SMILES string of the molecule is C#CCC(CC)NCC(NC(C)=O)C(=O)OC. The number of carbonyl (C=O) groups is 2. The normalized spacial score (nSPS) is 13.3. The molecule has 0 aliphatic carbocycles. The molecule has 2 unspecified atom stereocenters. The van der Waals surface area contributed by atoms with Crippen molar-refractivity contribution in [2.75, 3.05) is 13.7 Å². The van der Waals surface area contributed by atoms with Crippen molar-refractivity contribution >= 4 is 11.9 Å². The van der Waals surface area contributed by atoms with Crippen molar-refractivity contribution in [3.8, 4) is 12.3 Å². The Morgan fingerprint density at radius 2 is 2.12 bits per heavy atom. The zero-order chi connectivity index (χ0) is 13.3. The second-order valence-corrected chi connectivity index (χ2v) is 3.70. The van der Waals surface area contributed by atoms with E-state index in [-0.39, 0.29) is 11.9 Å². The van der Waals surface area contributed by atoms with Crippen molar-refractivity contribution < 1.29 is 14.3 Å². The van der Waals surface area contributed by atoms with Crippen molar-refractivity contribution in [1.82, 2.24) is 10.6 Å². The fourth-order valence-electron chi connectivity index (χ4n) is 1.37. The van der Waals surface area contributed by atoms with Gasteiger partial charge in [-0.1, -0.05) is 6.92 Å². The number of ether oxygens (including phenoxy) is 1. The number of nitrogens with one attached hydrogen (secondary N) is 2. The van der Waals surface area contributed by atoms with Crippen LogP contribution in [0.4, 0.5) is 0 Å². The predicted octanol–water partition coefficient (Wildman–Crippen LogP) is 0.0556. The maximum absolute atomic E-state index is 11.4. The Bertz CT molecular complexity index is 297. The molecule has 0 bridgehead atoms. The van der Waals surface area contributed by atoms with Gasteiger partial charge in [-0.3, -0.25) is 4.79 Å². The third kappa shape index (κ3) is 6.59. The van der Waals surface area contributed by atoms with Gasteiger partial charge in [0.15, 0.2) is 0 Å². The van der Waals surface area contributed by atoms with Gasteiger partial charge >= 0.3 is 5.97 Å². The highest BCUT2D eigenvalue weighted by atomic mass is 16.5. The Morgan fingerprint density at radius 3 is 2.53 bits per heavy atom. The number of carbonyl (C=O) groups excluding carboxylic acids is 2. The van der Waals surface area contributed by atoms with E-state index in [1.807, 2.05) is 6.92 Å². The van der Waals surface area contributed by atoms with Gasteiger partial charge < -0.3 is 15.4 Å². The van der Waals surface area contributed by atoms with Gasteiger partial charge in [0, 0.05) is 25.9 Å². The lowest BCUT2D eigenvalue weighted by molar-refractivity contribution is -0.144. The van der Waals surface area contributed by atoms with Gasteiger partial charge in [-0.25, -0.2) is 4.79 Å². The van der Waals surface area contributed by atoms with E-state index in [2.05, 4.69) is 21.3 Å². The van der Waals surface area contributed by atoms with Gasteiger partial charge in [0.2, 0.25) is 5.91 Å². The summed E-state index contributed by atoms with van der Waals surface area (Å²) in [7, 11) is 1.29. The molecule has 1 amide bonds. The quantitative estimate of drug-likeness (QED) is 0.487. The van der Waals surface area contributed by atoms with Crippen LogP contribution in [0, 0.1) is 12.3 Å². The molecule has 2 N–H and O–H groups in total. The van der Waals surface area contributed by atoms with Crippen LogP contribution >= 0.6 is 0 Å². The Labute approximate surface area is 102 Å². The van der Waals surface area contributed by atoms with Crippen molar-refractivity contribution in [3.63, 3.8) is 0 Å². The molecule has 0 aliphatic rings. The molecule has 5 heteroatoms. The van der Waals surface area contributed by atoms with E-state index in [4.69, 9.17) is 6.42 Å². The predicted molar refractivity (Wildman–Crippen MR) is 65.2 cm³/mol. The molecule has 0 saturated heterocycles. The first-order chi connectivity index (χ1) is 8.04. The molecule has 0 fully saturated rings. The molecule has 0 aromatic heterocycles. The zero-order valence-corrected chi connectivity index (χ0v) is 10.6. The number of hydrogen-bond acceptors (Lipinski definition) is 4. The van der Waals surface area contributed by atoms with Crippen LogP contribution in [0.25, 0.3) is 0 Å². The number of rotatable bonds is 7. The minimum Gasteiger partial charge on any atom is -0.467 e. The summed E-state index contributed by atoms with van der Waals surface area (Å²) in [5.74, 6) is 1.82. The average molecular weight is 240 g/mol. The molecule has 0 heterocycles. The first-order valence-electron chi connectivity index (χ1n) is 5.56. The molecule has 0 aromatic rings. The standard InChI is InChI=1S/C12H20N2O3/c1-5-7-10(6-2)13-8-11(12(16)17-4)14-9(3)15/h1,10-11,13H,6-8H2,2-4H3,(H,14,15). The van der Waals surface area contributed by atoms with Crippen LogP contribution in [-0.2, 0) is 14.3 Å². The molecule has 0 aromatic carbocycles. The monoisotopic (exact) mass is 240 g/mol. The third-order valence-corrected chi connectivity index (χ3v) is 2.33. The fraction of sp³-hybridized carbons (Fsp3) is 0.667. The van der Waals surface area contributed by atoms with Crippen LogP contribution in [0.15, 0.2) is 0 Å². The van der Waals surface area contributed by atoms with Gasteiger partial charge in [0.25, 0.3) is 0 Å². The largest absolute Gasteiger partial charge is 0.467 e. The molecule has 17 heavy (non-hydrogen) atoms. The summed E-state index contributed by atoms with van der Waals surface area (Å²) in [4.78, 5) is 22.3. The van der Waals surface area contributed by atoms with Gasteiger partial charge in [-0.15, -0.1) is 12.3 Å². The highest BCUT2D eigenvalue weighted by molar-refractivity contribution is 5.83. The van der Waals surface area contributed by atoms with Gasteiger partial charge in [-0.05, 0) is 6.42 Å². The minimum absolute atomic E-state index is 0.140. The molecule has 2 atom stereocenters. The fourth-order valence-corrected chi connectivity index (χ4v) is 1.37. The summed E-state index contributed by atoms with van der Waals surface area (Å²) >= 11 is 0. The van der Waals surface area contributed by atoms with Crippen LogP contribution in [0.1, 0.15) is 26.7 Å². The topological polar surface area (TPSA) is 67.4 Å². The summed E-state index contributed by atoms with van der Waals surface area (Å²) in [5, 5.41) is 5.66. The maximum Gasteiger partial charge on any atom is 0.329 e. The lowest BCUT2D eigenvalue weighted by Gasteiger charge is -2.20. The number of hydrogen-bond donors (Lipinski definition) is 2. The van der Waals surface area contributed by atoms with Crippen molar-refractivity contribution in [2.45, 2.75) is 38.8 Å². The van der Waals surface area contributed by atoms with Crippen LogP contribution in [0.5, 0.6) is 0 Å². The number of amides is 1. The lowest BCUT2D eigenvalue weighted by atomic mass is 10.1. The lowest BCUT2D eigenvalue weighted by Crippen LogP contribution is -2.49. The van der Waals surface area contributed by atoms with Crippen LogP contribution < -0.4 is 10.6 Å². The number of methoxy groups -OCH3 is 1. The van der Waals surface area contributed by atoms with E-state index in [9.17, 15) is 9.59 Å². The number of terminal acetylenes is 1. The molecule has 0 rings (SSSR count). The second kappa shape index (κ2) is 8.59. The maximum atomic E-state index is 11.4. The number of esters is 1. The molecule has 5 nitrogen and oxygen atoms in total. The molecular weight excluding hydrogens is 220 g/mol. The molecular formula is C12H20N2O3. The molecule has 0 saturated carbocycles. The van der Waals surface area contributed by atoms with E-state index in [0.29, 0.717) is 13.0 Å². The summed E-state index contributed by atoms with van der Waals surface area (Å²) in [6.07, 6.45) is 6.67. The third-order valence-electron chi connectivity index (χ3n) is 2.33. The molecule has 0 spiro atoms. The summed E-state index contributed by atoms with van der Waals surface area (Å²) < 4.78 is 4.61.